The summed E-state index contributed by atoms with van der Waals surface area (Å²) >= 11 is 0. The van der Waals surface area contributed by atoms with Gasteiger partial charge in [0.25, 0.3) is 0 Å². The first kappa shape index (κ1) is 15.7. The van der Waals surface area contributed by atoms with Gasteiger partial charge in [-0.3, -0.25) is 0 Å². The third-order valence-electron chi connectivity index (χ3n) is 6.35. The smallest absolute Gasteiger partial charge is 0.147 e. The Morgan fingerprint density at radius 1 is 1.12 bits per heavy atom. The van der Waals surface area contributed by atoms with Crippen molar-refractivity contribution in [1.82, 2.24) is 5.16 Å². The van der Waals surface area contributed by atoms with E-state index in [2.05, 4.69) is 30.3 Å². The van der Waals surface area contributed by atoms with E-state index in [1.54, 1.807) is 11.8 Å². The lowest BCUT2D eigenvalue weighted by atomic mass is 9.75. The molecule has 1 heterocycles. The third-order valence-corrected chi connectivity index (χ3v) is 6.35. The van der Waals surface area contributed by atoms with Crippen molar-refractivity contribution in [2.24, 2.45) is 5.92 Å². The van der Waals surface area contributed by atoms with Crippen LogP contribution >= 0.6 is 0 Å². The minimum atomic E-state index is 0.401. The molecule has 1 aromatic heterocycles. The molecule has 128 valence electrons. The number of nitrogen functional groups attached to an aromatic ring is 1. The van der Waals surface area contributed by atoms with Gasteiger partial charge in [-0.05, 0) is 60.6 Å². The lowest BCUT2D eigenvalue weighted by Gasteiger charge is -2.30. The first-order chi connectivity index (χ1) is 11.7. The number of hydrogen-bond acceptors (Lipinski definition) is 3. The Morgan fingerprint density at radius 3 is 2.71 bits per heavy atom. The molecule has 2 N–H and O–H groups in total. The van der Waals surface area contributed by atoms with Crippen LogP contribution in [0.4, 0.5) is 5.69 Å². The van der Waals surface area contributed by atoms with Crippen LogP contribution in [-0.2, 0) is 12.8 Å². The minimum Gasteiger partial charge on any atom is -0.395 e. The van der Waals surface area contributed by atoms with E-state index in [4.69, 9.17) is 10.3 Å². The zero-order valence-corrected chi connectivity index (χ0v) is 14.6. The van der Waals surface area contributed by atoms with Gasteiger partial charge >= 0.3 is 0 Å². The molecule has 3 heteroatoms. The molecule has 4 rings (SSSR count). The van der Waals surface area contributed by atoms with E-state index in [1.165, 1.54) is 43.2 Å². The number of nitrogens with two attached hydrogens (primary N) is 1. The Kier molecular flexibility index (Phi) is 4.34. The molecule has 0 spiro atoms. The summed E-state index contributed by atoms with van der Waals surface area (Å²) in [5, 5.41) is 4.12. The zero-order chi connectivity index (χ0) is 16.5. The molecule has 2 atom stereocenters. The normalized spacial score (nSPS) is 23.0. The maximum Gasteiger partial charge on any atom is 0.147 e. The van der Waals surface area contributed by atoms with E-state index in [0.29, 0.717) is 17.5 Å². The van der Waals surface area contributed by atoms with Gasteiger partial charge in [0.1, 0.15) is 12.0 Å². The van der Waals surface area contributed by atoms with Crippen LogP contribution in [0.1, 0.15) is 79.7 Å². The number of aromatic nitrogens is 1. The Labute approximate surface area is 144 Å². The van der Waals surface area contributed by atoms with E-state index in [9.17, 15) is 0 Å². The Morgan fingerprint density at radius 2 is 1.96 bits per heavy atom. The highest BCUT2D eigenvalue weighted by atomic mass is 16.5. The molecule has 24 heavy (non-hydrogen) atoms. The van der Waals surface area contributed by atoms with Gasteiger partial charge in [-0.15, -0.1) is 0 Å². The van der Waals surface area contributed by atoms with Crippen molar-refractivity contribution in [3.05, 3.63) is 46.8 Å². The van der Waals surface area contributed by atoms with Crippen LogP contribution in [0.2, 0.25) is 0 Å². The topological polar surface area (TPSA) is 52.0 Å². The number of hydrogen-bond donors (Lipinski definition) is 1. The Bertz CT molecular complexity index is 700. The Hall–Kier alpha value is -1.77. The fourth-order valence-electron chi connectivity index (χ4n) is 4.76. The summed E-state index contributed by atoms with van der Waals surface area (Å²) in [6.45, 7) is 2.43. The summed E-state index contributed by atoms with van der Waals surface area (Å²) in [5.41, 5.74) is 12.2. The molecule has 0 saturated heterocycles. The fourth-order valence-corrected chi connectivity index (χ4v) is 4.76. The number of rotatable bonds is 3. The molecule has 1 saturated carbocycles. The van der Waals surface area contributed by atoms with Crippen molar-refractivity contribution < 1.29 is 4.52 Å². The summed E-state index contributed by atoms with van der Waals surface area (Å²) in [6.07, 6.45) is 11.9. The molecule has 3 nitrogen and oxygen atoms in total. The molecule has 2 aliphatic carbocycles. The number of anilines is 1. The molecular formula is C21H28N2O. The van der Waals surface area contributed by atoms with Crippen molar-refractivity contribution in [2.75, 3.05) is 5.73 Å². The van der Waals surface area contributed by atoms with E-state index in [-0.39, 0.29) is 0 Å². The molecule has 2 aromatic rings. The van der Waals surface area contributed by atoms with Gasteiger partial charge < -0.3 is 10.3 Å². The van der Waals surface area contributed by atoms with Gasteiger partial charge in [-0.2, -0.15) is 0 Å². The van der Waals surface area contributed by atoms with Gasteiger partial charge in [0.15, 0.2) is 0 Å². The number of aryl methyl sites for hydroxylation is 1. The molecule has 2 aliphatic rings. The van der Waals surface area contributed by atoms with E-state index in [1.807, 2.05) is 0 Å². The standard InChI is InChI=1S/C21H28N2O/c1-14(15-5-3-2-4-6-15)16-7-8-18-12-19(10-9-17(18)11-16)21-20(22)13-24-23-21/h7-8,11,13-15,19H,2-6,9-10,12,22H2,1H3. The maximum absolute atomic E-state index is 5.98. The quantitative estimate of drug-likeness (QED) is 0.843. The predicted octanol–water partition coefficient (Wildman–Crippen LogP) is 5.21. The van der Waals surface area contributed by atoms with Crippen LogP contribution in [0.3, 0.4) is 0 Å². The van der Waals surface area contributed by atoms with E-state index in [0.717, 1.165) is 30.9 Å². The third kappa shape index (κ3) is 2.97. The Balaban J connectivity index is 1.51. The summed E-state index contributed by atoms with van der Waals surface area (Å²) in [6, 6.07) is 7.20. The molecule has 0 bridgehead atoms. The molecule has 2 unspecified atom stereocenters. The molecule has 0 aliphatic heterocycles. The van der Waals surface area contributed by atoms with Gasteiger partial charge in [-0.25, -0.2) is 0 Å². The van der Waals surface area contributed by atoms with Crippen molar-refractivity contribution in [3.8, 4) is 0 Å². The number of nitrogens with zero attached hydrogens (tertiary/aromatic N) is 1. The summed E-state index contributed by atoms with van der Waals surface area (Å²) in [5.74, 6) is 1.97. The summed E-state index contributed by atoms with van der Waals surface area (Å²) < 4.78 is 5.03. The van der Waals surface area contributed by atoms with Crippen LogP contribution in [0, 0.1) is 5.92 Å². The molecule has 0 amide bonds. The second-order valence-corrected chi connectivity index (χ2v) is 7.81. The van der Waals surface area contributed by atoms with Gasteiger partial charge in [0.2, 0.25) is 0 Å². The van der Waals surface area contributed by atoms with Crippen LogP contribution in [0.5, 0.6) is 0 Å². The van der Waals surface area contributed by atoms with Crippen molar-refractivity contribution >= 4 is 5.69 Å². The highest BCUT2D eigenvalue weighted by Gasteiger charge is 2.26. The predicted molar refractivity (Wildman–Crippen MR) is 97.1 cm³/mol. The monoisotopic (exact) mass is 324 g/mol. The highest BCUT2D eigenvalue weighted by molar-refractivity contribution is 5.44. The van der Waals surface area contributed by atoms with Crippen LogP contribution in [0.15, 0.2) is 29.0 Å². The average molecular weight is 324 g/mol. The molecule has 0 radical (unpaired) electrons. The highest BCUT2D eigenvalue weighted by Crippen LogP contribution is 2.39. The van der Waals surface area contributed by atoms with E-state index >= 15 is 0 Å². The van der Waals surface area contributed by atoms with Gasteiger partial charge in [0, 0.05) is 5.92 Å². The second-order valence-electron chi connectivity index (χ2n) is 7.81. The lowest BCUT2D eigenvalue weighted by molar-refractivity contribution is 0.316. The van der Waals surface area contributed by atoms with E-state index < -0.39 is 0 Å². The van der Waals surface area contributed by atoms with Crippen LogP contribution in [-0.4, -0.2) is 5.16 Å². The lowest BCUT2D eigenvalue weighted by Crippen LogP contribution is -2.17. The van der Waals surface area contributed by atoms with Crippen molar-refractivity contribution in [1.29, 1.82) is 0 Å². The molecule has 1 aromatic carbocycles. The van der Waals surface area contributed by atoms with Crippen molar-refractivity contribution in [3.63, 3.8) is 0 Å². The fraction of sp³-hybridized carbons (Fsp3) is 0.571. The first-order valence-electron chi connectivity index (χ1n) is 9.54. The first-order valence-corrected chi connectivity index (χ1v) is 9.54. The summed E-state index contributed by atoms with van der Waals surface area (Å²) in [4.78, 5) is 0. The van der Waals surface area contributed by atoms with Crippen LogP contribution in [0.25, 0.3) is 0 Å². The largest absolute Gasteiger partial charge is 0.395 e. The average Bonchev–Trinajstić information content (AvgIpc) is 3.07. The minimum absolute atomic E-state index is 0.401. The van der Waals surface area contributed by atoms with Gasteiger partial charge in [0.05, 0.1) is 5.69 Å². The maximum atomic E-state index is 5.98. The zero-order valence-electron chi connectivity index (χ0n) is 14.6. The summed E-state index contributed by atoms with van der Waals surface area (Å²) in [7, 11) is 0. The molecular weight excluding hydrogens is 296 g/mol. The number of fused-ring (bicyclic) bond motifs is 1. The second kappa shape index (κ2) is 6.62. The van der Waals surface area contributed by atoms with Crippen LogP contribution < -0.4 is 5.73 Å². The van der Waals surface area contributed by atoms with Crippen molar-refractivity contribution in [2.45, 2.75) is 70.1 Å². The molecule has 1 fully saturated rings. The van der Waals surface area contributed by atoms with Gasteiger partial charge in [-0.1, -0.05) is 49.5 Å². The SMILES string of the molecule is CC(c1ccc2c(c1)CCC(c1nocc1N)C2)C1CCCCC1. The number of benzene rings is 1.